The summed E-state index contributed by atoms with van der Waals surface area (Å²) in [7, 11) is 0. The lowest BCUT2D eigenvalue weighted by Crippen LogP contribution is -2.40. The van der Waals surface area contributed by atoms with E-state index in [9.17, 15) is 5.11 Å². The zero-order valence-corrected chi connectivity index (χ0v) is 17.4. The van der Waals surface area contributed by atoms with Crippen molar-refractivity contribution in [3.63, 3.8) is 0 Å². The van der Waals surface area contributed by atoms with Gasteiger partial charge in [0.25, 0.3) is 0 Å². The lowest BCUT2D eigenvalue weighted by Gasteiger charge is -2.38. The number of nitrogens with zero attached hydrogens (tertiary/aromatic N) is 3. The van der Waals surface area contributed by atoms with Crippen LogP contribution in [0.4, 0.5) is 11.6 Å². The molecule has 1 atom stereocenters. The Kier molecular flexibility index (Phi) is 6.53. The van der Waals surface area contributed by atoms with Gasteiger partial charge in [0.15, 0.2) is 0 Å². The number of benzene rings is 1. The third kappa shape index (κ3) is 4.82. The summed E-state index contributed by atoms with van der Waals surface area (Å²) < 4.78 is 5.63. The molecule has 4 rings (SSSR count). The third-order valence-electron chi connectivity index (χ3n) is 6.27. The van der Waals surface area contributed by atoms with Crippen LogP contribution in [0.5, 0.6) is 0 Å². The molecule has 0 spiro atoms. The van der Waals surface area contributed by atoms with Crippen LogP contribution < -0.4 is 10.2 Å². The molecule has 1 unspecified atom stereocenters. The van der Waals surface area contributed by atoms with Gasteiger partial charge in [-0.1, -0.05) is 23.7 Å². The first-order valence-electron chi connectivity index (χ1n) is 10.4. The Morgan fingerprint density at radius 1 is 1.21 bits per heavy atom. The minimum atomic E-state index is 0.00105. The van der Waals surface area contributed by atoms with E-state index in [1.54, 1.807) is 6.33 Å². The number of ether oxygens (including phenoxy) is 1. The number of nitrogens with one attached hydrogen (secondary N) is 1. The lowest BCUT2D eigenvalue weighted by molar-refractivity contribution is 0.0543. The van der Waals surface area contributed by atoms with E-state index in [4.69, 9.17) is 16.3 Å². The van der Waals surface area contributed by atoms with Gasteiger partial charge in [-0.3, -0.25) is 0 Å². The summed E-state index contributed by atoms with van der Waals surface area (Å²) in [6.07, 6.45) is 5.71. The molecule has 2 aromatic rings. The molecule has 2 saturated heterocycles. The third-order valence-corrected chi connectivity index (χ3v) is 6.52. The van der Waals surface area contributed by atoms with Gasteiger partial charge in [0.05, 0.1) is 0 Å². The van der Waals surface area contributed by atoms with Crippen LogP contribution >= 0.6 is 11.6 Å². The van der Waals surface area contributed by atoms with Gasteiger partial charge in [-0.25, -0.2) is 9.97 Å². The summed E-state index contributed by atoms with van der Waals surface area (Å²) in [4.78, 5) is 11.2. The molecule has 3 heterocycles. The van der Waals surface area contributed by atoms with Crippen LogP contribution in [0.15, 0.2) is 36.7 Å². The summed E-state index contributed by atoms with van der Waals surface area (Å²) in [5, 5.41) is 13.8. The van der Waals surface area contributed by atoms with Crippen molar-refractivity contribution in [2.75, 3.05) is 49.7 Å². The first kappa shape index (κ1) is 20.4. The Bertz CT molecular complexity index is 796. The van der Waals surface area contributed by atoms with Crippen molar-refractivity contribution in [1.82, 2.24) is 9.97 Å². The van der Waals surface area contributed by atoms with Gasteiger partial charge < -0.3 is 20.1 Å². The van der Waals surface area contributed by atoms with Crippen LogP contribution in [-0.2, 0) is 10.2 Å². The number of rotatable bonds is 6. The highest BCUT2D eigenvalue weighted by Crippen LogP contribution is 2.36. The Balaban J connectivity index is 1.48. The second-order valence-electron chi connectivity index (χ2n) is 8.15. The largest absolute Gasteiger partial charge is 0.396 e. The molecule has 2 aliphatic heterocycles. The number of halogens is 1. The topological polar surface area (TPSA) is 70.5 Å². The van der Waals surface area contributed by atoms with Crippen LogP contribution in [0.3, 0.4) is 0 Å². The van der Waals surface area contributed by atoms with Crippen molar-refractivity contribution in [3.05, 3.63) is 47.2 Å². The summed E-state index contributed by atoms with van der Waals surface area (Å²) in [6, 6.07) is 10.2. The predicted octanol–water partition coefficient (Wildman–Crippen LogP) is 3.50. The number of anilines is 2. The van der Waals surface area contributed by atoms with Crippen molar-refractivity contribution < 1.29 is 9.84 Å². The second kappa shape index (κ2) is 9.28. The maximum atomic E-state index is 9.50. The van der Waals surface area contributed by atoms with E-state index in [-0.39, 0.29) is 12.0 Å². The van der Waals surface area contributed by atoms with Crippen LogP contribution in [0.1, 0.15) is 31.2 Å². The van der Waals surface area contributed by atoms with E-state index in [0.29, 0.717) is 5.92 Å². The molecule has 0 amide bonds. The van der Waals surface area contributed by atoms with Crippen LogP contribution in [0, 0.1) is 5.92 Å². The molecule has 1 aromatic carbocycles. The highest BCUT2D eigenvalue weighted by molar-refractivity contribution is 6.30. The summed E-state index contributed by atoms with van der Waals surface area (Å²) >= 11 is 6.10. The SMILES string of the molecule is OCC1CCCN(c2cc(NCC3(c4ccc(Cl)cc4)CCOCC3)ncn2)C1. The first-order chi connectivity index (χ1) is 14.2. The lowest BCUT2D eigenvalue weighted by atomic mass is 9.74. The smallest absolute Gasteiger partial charge is 0.134 e. The van der Waals surface area contributed by atoms with E-state index in [0.717, 1.165) is 75.2 Å². The van der Waals surface area contributed by atoms with E-state index < -0.39 is 0 Å². The zero-order chi connectivity index (χ0) is 20.1. The molecule has 6 nitrogen and oxygen atoms in total. The van der Waals surface area contributed by atoms with E-state index in [1.165, 1.54) is 5.56 Å². The molecule has 0 bridgehead atoms. The molecule has 2 fully saturated rings. The van der Waals surface area contributed by atoms with Crippen molar-refractivity contribution in [1.29, 1.82) is 0 Å². The zero-order valence-electron chi connectivity index (χ0n) is 16.7. The van der Waals surface area contributed by atoms with E-state index in [1.807, 2.05) is 18.2 Å². The normalized spacial score (nSPS) is 21.7. The van der Waals surface area contributed by atoms with Crippen molar-refractivity contribution in [2.45, 2.75) is 31.1 Å². The molecular weight excluding hydrogens is 388 g/mol. The standard InChI is InChI=1S/C22H29ClN4O2/c23-19-5-3-18(4-6-19)22(7-10-29-11-8-22)15-24-20-12-21(26-16-25-20)27-9-1-2-17(13-27)14-28/h3-6,12,16-17,28H,1-2,7-11,13-15H2,(H,24,25,26). The molecule has 29 heavy (non-hydrogen) atoms. The number of hydrogen-bond acceptors (Lipinski definition) is 6. The molecule has 0 radical (unpaired) electrons. The Hall–Kier alpha value is -1.89. The van der Waals surface area contributed by atoms with Gasteiger partial charge in [0, 0.05) is 56.0 Å². The van der Waals surface area contributed by atoms with Crippen LogP contribution in [0.25, 0.3) is 0 Å². The number of aromatic nitrogens is 2. The molecule has 0 aliphatic carbocycles. The van der Waals surface area contributed by atoms with Gasteiger partial charge >= 0.3 is 0 Å². The van der Waals surface area contributed by atoms with Crippen molar-refractivity contribution in [3.8, 4) is 0 Å². The highest BCUT2D eigenvalue weighted by Gasteiger charge is 2.34. The van der Waals surface area contributed by atoms with Gasteiger partial charge in [0.1, 0.15) is 18.0 Å². The first-order valence-corrected chi connectivity index (χ1v) is 10.8. The van der Waals surface area contributed by atoms with Crippen LogP contribution in [-0.4, -0.2) is 54.5 Å². The molecule has 0 saturated carbocycles. The van der Waals surface area contributed by atoms with Gasteiger partial charge in [-0.2, -0.15) is 0 Å². The fourth-order valence-electron chi connectivity index (χ4n) is 4.43. The van der Waals surface area contributed by atoms with Gasteiger partial charge in [0.2, 0.25) is 0 Å². The molecule has 2 N–H and O–H groups in total. The molecule has 156 valence electrons. The summed E-state index contributed by atoms with van der Waals surface area (Å²) in [5.74, 6) is 2.08. The second-order valence-corrected chi connectivity index (χ2v) is 8.59. The minimum Gasteiger partial charge on any atom is -0.396 e. The van der Waals surface area contributed by atoms with Crippen LogP contribution in [0.2, 0.25) is 5.02 Å². The molecule has 7 heteroatoms. The van der Waals surface area contributed by atoms with Crippen molar-refractivity contribution >= 4 is 23.2 Å². The van der Waals surface area contributed by atoms with Gasteiger partial charge in [-0.15, -0.1) is 0 Å². The maximum absolute atomic E-state index is 9.50. The number of aliphatic hydroxyl groups is 1. The van der Waals surface area contributed by atoms with Crippen molar-refractivity contribution in [2.24, 2.45) is 5.92 Å². The summed E-state index contributed by atoms with van der Waals surface area (Å²) in [5.41, 5.74) is 1.29. The average Bonchev–Trinajstić information content (AvgIpc) is 2.79. The average molecular weight is 417 g/mol. The molecule has 2 aliphatic rings. The number of aliphatic hydroxyl groups excluding tert-OH is 1. The predicted molar refractivity (Wildman–Crippen MR) is 116 cm³/mol. The van der Waals surface area contributed by atoms with Gasteiger partial charge in [-0.05, 0) is 49.3 Å². The fraction of sp³-hybridized carbons (Fsp3) is 0.545. The number of piperidine rings is 1. The molecular formula is C22H29ClN4O2. The Morgan fingerprint density at radius 2 is 2.00 bits per heavy atom. The Labute approximate surface area is 177 Å². The Morgan fingerprint density at radius 3 is 2.76 bits per heavy atom. The molecule has 1 aromatic heterocycles. The highest BCUT2D eigenvalue weighted by atomic mass is 35.5. The minimum absolute atomic E-state index is 0.00105. The number of hydrogen-bond donors (Lipinski definition) is 2. The maximum Gasteiger partial charge on any atom is 0.134 e. The summed E-state index contributed by atoms with van der Waals surface area (Å²) in [6.45, 7) is 4.36. The van der Waals surface area contributed by atoms with E-state index in [2.05, 4.69) is 32.3 Å². The quantitative estimate of drug-likeness (QED) is 0.751. The fourth-order valence-corrected chi connectivity index (χ4v) is 4.56. The monoisotopic (exact) mass is 416 g/mol. The van der Waals surface area contributed by atoms with E-state index >= 15 is 0 Å².